The molecule has 2 aromatic carbocycles. The quantitative estimate of drug-likeness (QED) is 0.354. The van der Waals surface area contributed by atoms with Crippen LogP contribution in [0.25, 0.3) is 0 Å². The summed E-state index contributed by atoms with van der Waals surface area (Å²) in [6.07, 6.45) is 0.239. The van der Waals surface area contributed by atoms with Crippen LogP contribution in [-0.2, 0) is 11.2 Å². The lowest BCUT2D eigenvalue weighted by molar-refractivity contribution is -0.120. The minimum absolute atomic E-state index is 0.0898. The predicted molar refractivity (Wildman–Crippen MR) is 112 cm³/mol. The summed E-state index contributed by atoms with van der Waals surface area (Å²) in [7, 11) is 0. The van der Waals surface area contributed by atoms with Crippen molar-refractivity contribution < 1.29 is 9.18 Å². The van der Waals surface area contributed by atoms with E-state index in [-0.39, 0.29) is 18.1 Å². The summed E-state index contributed by atoms with van der Waals surface area (Å²) < 4.78 is 12.9. The summed E-state index contributed by atoms with van der Waals surface area (Å²) >= 11 is 0. The average molecular weight is 384 g/mol. The zero-order valence-corrected chi connectivity index (χ0v) is 16.5. The highest BCUT2D eigenvalue weighted by Gasteiger charge is 2.06. The number of aliphatic imine (C=N–C) groups is 1. The Morgan fingerprint density at radius 1 is 1.00 bits per heavy atom. The molecule has 0 aliphatic rings. The molecule has 2 aromatic rings. The maximum atomic E-state index is 12.9. The molecule has 150 valence electrons. The Labute approximate surface area is 166 Å². The van der Waals surface area contributed by atoms with Crippen molar-refractivity contribution >= 4 is 11.9 Å². The molecule has 5 nitrogen and oxygen atoms in total. The summed E-state index contributed by atoms with van der Waals surface area (Å²) in [4.78, 5) is 16.6. The van der Waals surface area contributed by atoms with E-state index >= 15 is 0 Å². The third kappa shape index (κ3) is 7.78. The lowest BCUT2D eigenvalue weighted by atomic mass is 10.0. The van der Waals surface area contributed by atoms with Gasteiger partial charge in [-0.25, -0.2) is 4.39 Å². The van der Waals surface area contributed by atoms with Crippen LogP contribution in [-0.4, -0.2) is 38.0 Å². The Morgan fingerprint density at radius 2 is 1.68 bits per heavy atom. The van der Waals surface area contributed by atoms with Crippen molar-refractivity contribution in [1.82, 2.24) is 16.0 Å². The topological polar surface area (TPSA) is 65.5 Å². The standard InChI is InChI=1S/C22H29FN4O/c1-3-24-22(27-16-17(2)19-7-5-4-6-8-19)26-14-13-25-21(28)15-18-9-11-20(23)12-10-18/h4-12,17H,3,13-16H2,1-2H3,(H,25,28)(H2,24,26,27). The van der Waals surface area contributed by atoms with Gasteiger partial charge in [-0.2, -0.15) is 0 Å². The molecule has 6 heteroatoms. The SMILES string of the molecule is CCNC(=NCC(C)c1ccccc1)NCCNC(=O)Cc1ccc(F)cc1. The van der Waals surface area contributed by atoms with Gasteiger partial charge in [-0.05, 0) is 30.2 Å². The Bertz CT molecular complexity index is 747. The van der Waals surface area contributed by atoms with E-state index in [2.05, 4.69) is 40.0 Å². The highest BCUT2D eigenvalue weighted by molar-refractivity contribution is 5.80. The minimum atomic E-state index is -0.301. The second-order valence-corrected chi connectivity index (χ2v) is 6.61. The van der Waals surface area contributed by atoms with Crippen molar-refractivity contribution in [2.75, 3.05) is 26.2 Å². The van der Waals surface area contributed by atoms with Gasteiger partial charge in [-0.1, -0.05) is 49.4 Å². The van der Waals surface area contributed by atoms with Gasteiger partial charge in [0.05, 0.1) is 6.42 Å². The first-order valence-corrected chi connectivity index (χ1v) is 9.66. The first-order chi connectivity index (χ1) is 13.6. The molecule has 3 N–H and O–H groups in total. The molecule has 0 saturated carbocycles. The fraction of sp³-hybridized carbons (Fsp3) is 0.364. The van der Waals surface area contributed by atoms with Crippen LogP contribution in [0.4, 0.5) is 4.39 Å². The van der Waals surface area contributed by atoms with E-state index in [9.17, 15) is 9.18 Å². The van der Waals surface area contributed by atoms with Crippen LogP contribution in [0.15, 0.2) is 59.6 Å². The normalized spacial score (nSPS) is 12.3. The zero-order chi connectivity index (χ0) is 20.2. The lowest BCUT2D eigenvalue weighted by Gasteiger charge is -2.14. The second kappa shape index (κ2) is 11.7. The molecule has 0 aromatic heterocycles. The van der Waals surface area contributed by atoms with Crippen molar-refractivity contribution in [3.8, 4) is 0 Å². The number of nitrogens with zero attached hydrogens (tertiary/aromatic N) is 1. The van der Waals surface area contributed by atoms with E-state index < -0.39 is 0 Å². The number of benzene rings is 2. The molecule has 1 amide bonds. The van der Waals surface area contributed by atoms with Gasteiger partial charge < -0.3 is 16.0 Å². The molecule has 0 heterocycles. The van der Waals surface area contributed by atoms with Crippen molar-refractivity contribution in [2.24, 2.45) is 4.99 Å². The Kier molecular flexibility index (Phi) is 8.98. The Hall–Kier alpha value is -2.89. The van der Waals surface area contributed by atoms with Crippen LogP contribution in [0, 0.1) is 5.82 Å². The monoisotopic (exact) mass is 384 g/mol. The molecule has 0 fully saturated rings. The van der Waals surface area contributed by atoms with Crippen LogP contribution >= 0.6 is 0 Å². The van der Waals surface area contributed by atoms with Gasteiger partial charge in [-0.3, -0.25) is 9.79 Å². The van der Waals surface area contributed by atoms with E-state index in [1.165, 1.54) is 17.7 Å². The Balaban J connectivity index is 1.73. The van der Waals surface area contributed by atoms with E-state index in [4.69, 9.17) is 0 Å². The number of carbonyl (C=O) groups is 1. The van der Waals surface area contributed by atoms with Crippen molar-refractivity contribution in [3.63, 3.8) is 0 Å². The first kappa shape index (κ1) is 21.4. The van der Waals surface area contributed by atoms with Crippen LogP contribution < -0.4 is 16.0 Å². The summed E-state index contributed by atoms with van der Waals surface area (Å²) in [5.41, 5.74) is 2.05. The van der Waals surface area contributed by atoms with E-state index in [0.717, 1.165) is 18.1 Å². The van der Waals surface area contributed by atoms with Gasteiger partial charge in [0.2, 0.25) is 5.91 Å². The third-order valence-corrected chi connectivity index (χ3v) is 4.25. The minimum Gasteiger partial charge on any atom is -0.357 e. The molecule has 0 aliphatic heterocycles. The van der Waals surface area contributed by atoms with Crippen LogP contribution in [0.2, 0.25) is 0 Å². The first-order valence-electron chi connectivity index (χ1n) is 9.66. The van der Waals surface area contributed by atoms with Crippen molar-refractivity contribution in [3.05, 3.63) is 71.5 Å². The summed E-state index contributed by atoms with van der Waals surface area (Å²) in [5, 5.41) is 9.30. The summed E-state index contributed by atoms with van der Waals surface area (Å²) in [6, 6.07) is 16.3. The molecule has 0 radical (unpaired) electrons. The number of guanidine groups is 1. The summed E-state index contributed by atoms with van der Waals surface area (Å²) in [6.45, 7) is 6.67. The van der Waals surface area contributed by atoms with Crippen LogP contribution in [0.3, 0.4) is 0 Å². The van der Waals surface area contributed by atoms with E-state index in [1.807, 2.05) is 25.1 Å². The molecule has 1 unspecified atom stereocenters. The molecule has 2 rings (SSSR count). The average Bonchev–Trinajstić information content (AvgIpc) is 2.71. The van der Waals surface area contributed by atoms with E-state index in [0.29, 0.717) is 25.6 Å². The van der Waals surface area contributed by atoms with Crippen molar-refractivity contribution in [1.29, 1.82) is 0 Å². The van der Waals surface area contributed by atoms with Gasteiger partial charge in [0.15, 0.2) is 5.96 Å². The number of halogens is 1. The molecular formula is C22H29FN4O. The number of nitrogens with one attached hydrogen (secondary N) is 3. The molecule has 0 aliphatic carbocycles. The highest BCUT2D eigenvalue weighted by Crippen LogP contribution is 2.14. The second-order valence-electron chi connectivity index (χ2n) is 6.61. The number of amides is 1. The molecule has 28 heavy (non-hydrogen) atoms. The number of hydrogen-bond donors (Lipinski definition) is 3. The molecule has 1 atom stereocenters. The highest BCUT2D eigenvalue weighted by atomic mass is 19.1. The van der Waals surface area contributed by atoms with Crippen molar-refractivity contribution in [2.45, 2.75) is 26.2 Å². The lowest BCUT2D eigenvalue weighted by Crippen LogP contribution is -2.42. The largest absolute Gasteiger partial charge is 0.357 e. The maximum Gasteiger partial charge on any atom is 0.224 e. The van der Waals surface area contributed by atoms with Gasteiger partial charge in [-0.15, -0.1) is 0 Å². The van der Waals surface area contributed by atoms with Gasteiger partial charge in [0.1, 0.15) is 5.82 Å². The molecule has 0 bridgehead atoms. The number of carbonyl (C=O) groups excluding carboxylic acids is 1. The predicted octanol–water partition coefficient (Wildman–Crippen LogP) is 2.84. The third-order valence-electron chi connectivity index (χ3n) is 4.25. The molecule has 0 spiro atoms. The summed E-state index contributed by atoms with van der Waals surface area (Å²) in [5.74, 6) is 0.670. The van der Waals surface area contributed by atoms with E-state index in [1.54, 1.807) is 12.1 Å². The van der Waals surface area contributed by atoms with Gasteiger partial charge >= 0.3 is 0 Å². The number of hydrogen-bond acceptors (Lipinski definition) is 2. The fourth-order valence-corrected chi connectivity index (χ4v) is 2.69. The van der Waals surface area contributed by atoms with Crippen LogP contribution in [0.5, 0.6) is 0 Å². The van der Waals surface area contributed by atoms with Gasteiger partial charge in [0, 0.05) is 32.1 Å². The fourth-order valence-electron chi connectivity index (χ4n) is 2.69. The Morgan fingerprint density at radius 3 is 2.36 bits per heavy atom. The van der Waals surface area contributed by atoms with Gasteiger partial charge in [0.25, 0.3) is 0 Å². The number of rotatable bonds is 9. The smallest absolute Gasteiger partial charge is 0.224 e. The van der Waals surface area contributed by atoms with Crippen LogP contribution in [0.1, 0.15) is 30.9 Å². The molecular weight excluding hydrogens is 355 g/mol. The molecule has 0 saturated heterocycles. The zero-order valence-electron chi connectivity index (χ0n) is 16.5. The maximum absolute atomic E-state index is 12.9.